The summed E-state index contributed by atoms with van der Waals surface area (Å²) in [4.78, 5) is 25.9. The molecule has 0 bridgehead atoms. The van der Waals surface area contributed by atoms with E-state index in [1.807, 2.05) is 0 Å². The van der Waals surface area contributed by atoms with Crippen molar-refractivity contribution in [3.8, 4) is 0 Å². The van der Waals surface area contributed by atoms with Gasteiger partial charge < -0.3 is 20.7 Å². The van der Waals surface area contributed by atoms with Crippen LogP contribution in [0, 0.1) is 0 Å². The summed E-state index contributed by atoms with van der Waals surface area (Å²) in [6.07, 6.45) is 6.78. The lowest BCUT2D eigenvalue weighted by Crippen LogP contribution is -2.52. The first-order chi connectivity index (χ1) is 12.0. The van der Waals surface area contributed by atoms with Crippen LogP contribution in [0.1, 0.15) is 55.1 Å². The molecule has 0 radical (unpaired) electrons. The summed E-state index contributed by atoms with van der Waals surface area (Å²) in [5.74, 6) is -0.152. The molecule has 1 aliphatic carbocycles. The molecule has 136 valence electrons. The van der Waals surface area contributed by atoms with Crippen LogP contribution < -0.4 is 11.1 Å². The number of carbonyl (C=O) groups is 2. The molecule has 0 aromatic carbocycles. The third kappa shape index (κ3) is 3.20. The number of likely N-dealkylation sites (tertiary alicyclic amines) is 1. The minimum atomic E-state index is -0.597. The van der Waals surface area contributed by atoms with E-state index in [2.05, 4.69) is 15.6 Å². The monoisotopic (exact) mass is 348 g/mol. The predicted octanol–water partition coefficient (Wildman–Crippen LogP) is 0.435. The van der Waals surface area contributed by atoms with Gasteiger partial charge in [0.05, 0.1) is 25.3 Å². The van der Waals surface area contributed by atoms with E-state index < -0.39 is 11.7 Å². The number of nitrogens with two attached hydrogens (primary N) is 1. The van der Waals surface area contributed by atoms with Crippen LogP contribution in [0.2, 0.25) is 0 Å². The zero-order valence-corrected chi connectivity index (χ0v) is 14.2. The maximum atomic E-state index is 12.8. The van der Waals surface area contributed by atoms with Crippen LogP contribution in [0.5, 0.6) is 0 Å². The van der Waals surface area contributed by atoms with Crippen molar-refractivity contribution in [3.63, 3.8) is 0 Å². The number of amides is 2. The molecule has 1 unspecified atom stereocenters. The highest BCUT2D eigenvalue weighted by atomic mass is 16.6. The Hall–Kier alpha value is -2.16. The lowest BCUT2D eigenvalue weighted by atomic mass is 9.92. The Morgan fingerprint density at radius 1 is 1.36 bits per heavy atom. The smallest absolute Gasteiger partial charge is 0.407 e. The third-order valence-corrected chi connectivity index (χ3v) is 5.54. The molecular formula is C16H24N6O3. The van der Waals surface area contributed by atoms with Crippen molar-refractivity contribution in [2.45, 2.75) is 56.2 Å². The first kappa shape index (κ1) is 16.3. The van der Waals surface area contributed by atoms with Gasteiger partial charge in [0.1, 0.15) is 5.60 Å². The first-order valence-electron chi connectivity index (χ1n) is 8.98. The van der Waals surface area contributed by atoms with Crippen molar-refractivity contribution in [2.75, 3.05) is 19.6 Å². The summed E-state index contributed by atoms with van der Waals surface area (Å²) in [7, 11) is 0. The maximum Gasteiger partial charge on any atom is 0.407 e. The molecule has 2 amide bonds. The number of hydrogen-bond donors (Lipinski definition) is 2. The highest BCUT2D eigenvalue weighted by molar-refractivity contribution is 5.92. The van der Waals surface area contributed by atoms with E-state index in [9.17, 15) is 9.59 Å². The van der Waals surface area contributed by atoms with E-state index >= 15 is 0 Å². The van der Waals surface area contributed by atoms with E-state index in [0.717, 1.165) is 38.5 Å². The molecule has 3 N–H and O–H groups in total. The summed E-state index contributed by atoms with van der Waals surface area (Å²) in [5, 5.41) is 10.9. The van der Waals surface area contributed by atoms with Crippen molar-refractivity contribution >= 4 is 12.0 Å². The summed E-state index contributed by atoms with van der Waals surface area (Å²) < 4.78 is 7.22. The fourth-order valence-electron chi connectivity index (χ4n) is 4.08. The molecule has 4 rings (SSSR count). The minimum Gasteiger partial charge on any atom is -0.439 e. The Labute approximate surface area is 145 Å². The highest BCUT2D eigenvalue weighted by Gasteiger charge is 2.45. The van der Waals surface area contributed by atoms with Crippen LogP contribution in [0.15, 0.2) is 6.20 Å². The van der Waals surface area contributed by atoms with E-state index in [4.69, 9.17) is 10.5 Å². The fraction of sp³-hybridized carbons (Fsp3) is 0.750. The van der Waals surface area contributed by atoms with E-state index in [-0.39, 0.29) is 18.0 Å². The largest absolute Gasteiger partial charge is 0.439 e. The lowest BCUT2D eigenvalue weighted by Gasteiger charge is -2.37. The maximum absolute atomic E-state index is 12.8. The molecule has 3 heterocycles. The summed E-state index contributed by atoms with van der Waals surface area (Å²) in [5.41, 5.74) is 5.70. The normalized spacial score (nSPS) is 32.5. The Morgan fingerprint density at radius 3 is 2.88 bits per heavy atom. The topological polar surface area (TPSA) is 115 Å². The molecule has 9 heteroatoms. The van der Waals surface area contributed by atoms with Gasteiger partial charge in [-0.1, -0.05) is 5.21 Å². The standard InChI is InChI=1S/C16H24N6O3/c17-11-2-4-12(5-3-11)22-8-13(19-20-22)14(23)21-7-1-6-16(10-21)9-18-15(24)25-16/h8,11-12H,1-7,9-10,17H2,(H,18,24). The number of ether oxygens (including phenoxy) is 1. The van der Waals surface area contributed by atoms with Gasteiger partial charge in [-0.2, -0.15) is 0 Å². The third-order valence-electron chi connectivity index (χ3n) is 5.54. The quantitative estimate of drug-likeness (QED) is 0.801. The fourth-order valence-corrected chi connectivity index (χ4v) is 4.08. The highest BCUT2D eigenvalue weighted by Crippen LogP contribution is 2.29. The van der Waals surface area contributed by atoms with E-state index in [1.165, 1.54) is 0 Å². The SMILES string of the molecule is NC1CCC(n2cc(C(=O)N3CCCC4(CNC(=O)O4)C3)nn2)CC1. The number of piperidine rings is 1. The number of aromatic nitrogens is 3. The molecule has 2 saturated heterocycles. The molecular weight excluding hydrogens is 324 g/mol. The second-order valence-corrected chi connectivity index (χ2v) is 7.41. The molecule has 2 aliphatic heterocycles. The van der Waals surface area contributed by atoms with Crippen LogP contribution in [0.25, 0.3) is 0 Å². The molecule has 1 aromatic heterocycles. The summed E-state index contributed by atoms with van der Waals surface area (Å²) >= 11 is 0. The number of nitrogens with zero attached hydrogens (tertiary/aromatic N) is 4. The van der Waals surface area contributed by atoms with Gasteiger partial charge in [0.25, 0.3) is 5.91 Å². The molecule has 1 aromatic rings. The molecule has 1 spiro atoms. The molecule has 3 fully saturated rings. The van der Waals surface area contributed by atoms with Gasteiger partial charge in [0.2, 0.25) is 0 Å². The number of carbonyl (C=O) groups excluding carboxylic acids is 2. The van der Waals surface area contributed by atoms with Crippen molar-refractivity contribution in [3.05, 3.63) is 11.9 Å². The minimum absolute atomic E-state index is 0.152. The van der Waals surface area contributed by atoms with E-state index in [0.29, 0.717) is 25.3 Å². The van der Waals surface area contributed by atoms with Crippen LogP contribution >= 0.6 is 0 Å². The first-order valence-corrected chi connectivity index (χ1v) is 8.98. The van der Waals surface area contributed by atoms with Gasteiger partial charge >= 0.3 is 6.09 Å². The second kappa shape index (κ2) is 6.29. The summed E-state index contributed by atoms with van der Waals surface area (Å²) in [6.45, 7) is 1.49. The van der Waals surface area contributed by atoms with Crippen LogP contribution in [-0.2, 0) is 4.74 Å². The van der Waals surface area contributed by atoms with Gasteiger partial charge in [0.15, 0.2) is 5.69 Å². The Kier molecular flexibility index (Phi) is 4.10. The number of alkyl carbamates (subject to hydrolysis) is 1. The Bertz CT molecular complexity index is 669. The van der Waals surface area contributed by atoms with Crippen LogP contribution in [0.4, 0.5) is 4.79 Å². The summed E-state index contributed by atoms with van der Waals surface area (Å²) in [6, 6.07) is 0.537. The lowest BCUT2D eigenvalue weighted by molar-refractivity contribution is -0.00524. The average molecular weight is 348 g/mol. The Balaban J connectivity index is 1.43. The number of hydrogen-bond acceptors (Lipinski definition) is 6. The molecule has 9 nitrogen and oxygen atoms in total. The van der Waals surface area contributed by atoms with Gasteiger partial charge in [-0.25, -0.2) is 9.48 Å². The van der Waals surface area contributed by atoms with Gasteiger partial charge in [-0.3, -0.25) is 4.79 Å². The molecule has 1 atom stereocenters. The molecule has 3 aliphatic rings. The number of nitrogens with one attached hydrogen (secondary N) is 1. The van der Waals surface area contributed by atoms with Gasteiger partial charge in [-0.15, -0.1) is 5.10 Å². The zero-order valence-electron chi connectivity index (χ0n) is 14.2. The predicted molar refractivity (Wildman–Crippen MR) is 87.9 cm³/mol. The molecule has 1 saturated carbocycles. The van der Waals surface area contributed by atoms with E-state index in [1.54, 1.807) is 15.8 Å². The van der Waals surface area contributed by atoms with Crippen molar-refractivity contribution in [1.29, 1.82) is 0 Å². The van der Waals surface area contributed by atoms with Crippen molar-refractivity contribution in [2.24, 2.45) is 5.73 Å². The van der Waals surface area contributed by atoms with Gasteiger partial charge in [0, 0.05) is 12.6 Å². The zero-order chi connectivity index (χ0) is 17.4. The van der Waals surface area contributed by atoms with Gasteiger partial charge in [-0.05, 0) is 38.5 Å². The van der Waals surface area contributed by atoms with Crippen LogP contribution in [-0.4, -0.2) is 63.2 Å². The average Bonchev–Trinajstić information content (AvgIpc) is 3.23. The second-order valence-electron chi connectivity index (χ2n) is 7.41. The Morgan fingerprint density at radius 2 is 2.16 bits per heavy atom. The van der Waals surface area contributed by atoms with Crippen molar-refractivity contribution < 1.29 is 14.3 Å². The number of rotatable bonds is 2. The molecule has 25 heavy (non-hydrogen) atoms. The van der Waals surface area contributed by atoms with Crippen molar-refractivity contribution in [1.82, 2.24) is 25.2 Å². The van der Waals surface area contributed by atoms with Crippen LogP contribution in [0.3, 0.4) is 0 Å².